The zero-order chi connectivity index (χ0) is 29.4. The average molecular weight is 568 g/mol. The number of hydrogen-bond donors (Lipinski definition) is 2. The van der Waals surface area contributed by atoms with Crippen LogP contribution < -0.4 is 15.4 Å². The minimum absolute atomic E-state index is 0.0615. The summed E-state index contributed by atoms with van der Waals surface area (Å²) in [6, 6.07) is 6.21. The number of fused-ring (bicyclic) bond motifs is 1. The molecule has 40 heavy (non-hydrogen) atoms. The summed E-state index contributed by atoms with van der Waals surface area (Å²) in [4.78, 5) is 44.1. The normalized spacial score (nSPS) is 11.5. The molecule has 0 spiro atoms. The lowest BCUT2D eigenvalue weighted by Gasteiger charge is -2.18. The molecular weight excluding hydrogens is 538 g/mol. The van der Waals surface area contributed by atoms with Crippen LogP contribution in [0.25, 0.3) is 16.7 Å². The summed E-state index contributed by atoms with van der Waals surface area (Å²) in [5.74, 6) is -0.705. The second kappa shape index (κ2) is 11.0. The van der Waals surface area contributed by atoms with Gasteiger partial charge in [-0.05, 0) is 65.3 Å². The smallest absolute Gasteiger partial charge is 0.435 e. The maximum atomic E-state index is 13.7. The molecule has 0 aliphatic rings. The predicted octanol–water partition coefficient (Wildman–Crippen LogP) is 4.76. The first-order chi connectivity index (χ1) is 18.8. The van der Waals surface area contributed by atoms with Crippen LogP contribution in [0.15, 0.2) is 36.7 Å². The molecule has 0 saturated carbocycles. The number of carbonyl (C=O) groups is 3. The maximum Gasteiger partial charge on any atom is 0.435 e. The number of pyridine rings is 1. The fourth-order valence-corrected chi connectivity index (χ4v) is 4.12. The van der Waals surface area contributed by atoms with Crippen LogP contribution in [-0.2, 0) is 4.74 Å². The first-order valence-electron chi connectivity index (χ1n) is 12.4. The molecule has 0 unspecified atom stereocenters. The SMILES string of the molecule is COc1cc(C(=O)Nc2c(C)cc3cn(C(=O)OC(C)(C)C)nc3c2C(=O)NC(C)C)n(-c2ncccc2Cl)n1. The van der Waals surface area contributed by atoms with Crippen molar-refractivity contribution in [3.05, 3.63) is 58.5 Å². The van der Waals surface area contributed by atoms with Crippen molar-refractivity contribution in [2.45, 2.75) is 53.2 Å². The van der Waals surface area contributed by atoms with Crippen LogP contribution in [0.3, 0.4) is 0 Å². The van der Waals surface area contributed by atoms with Gasteiger partial charge in [-0.25, -0.2) is 14.5 Å². The Morgan fingerprint density at radius 2 is 1.82 bits per heavy atom. The van der Waals surface area contributed by atoms with E-state index in [4.69, 9.17) is 21.1 Å². The second-order valence-electron chi connectivity index (χ2n) is 10.3. The lowest BCUT2D eigenvalue weighted by atomic mass is 10.0. The Balaban J connectivity index is 1.84. The van der Waals surface area contributed by atoms with E-state index >= 15 is 0 Å². The molecule has 0 aliphatic carbocycles. The predicted molar refractivity (Wildman–Crippen MR) is 150 cm³/mol. The van der Waals surface area contributed by atoms with Crippen molar-refractivity contribution in [1.29, 1.82) is 0 Å². The Bertz CT molecular complexity index is 1620. The van der Waals surface area contributed by atoms with E-state index in [-0.39, 0.29) is 45.2 Å². The summed E-state index contributed by atoms with van der Waals surface area (Å²) in [5, 5.41) is 15.1. The fourth-order valence-electron chi connectivity index (χ4n) is 3.92. The quantitative estimate of drug-likeness (QED) is 0.339. The molecule has 2 amide bonds. The molecule has 0 atom stereocenters. The monoisotopic (exact) mass is 567 g/mol. The minimum atomic E-state index is -0.747. The van der Waals surface area contributed by atoms with Crippen LogP contribution >= 0.6 is 11.6 Å². The lowest BCUT2D eigenvalue weighted by Crippen LogP contribution is -2.32. The largest absolute Gasteiger partial charge is 0.480 e. The van der Waals surface area contributed by atoms with Gasteiger partial charge in [-0.2, -0.15) is 9.78 Å². The molecule has 3 aromatic heterocycles. The van der Waals surface area contributed by atoms with Gasteiger partial charge in [0.1, 0.15) is 16.8 Å². The van der Waals surface area contributed by atoms with Crippen molar-refractivity contribution in [1.82, 2.24) is 29.9 Å². The summed E-state index contributed by atoms with van der Waals surface area (Å²) < 4.78 is 13.0. The van der Waals surface area contributed by atoms with Gasteiger partial charge in [0, 0.05) is 29.9 Å². The third-order valence-electron chi connectivity index (χ3n) is 5.53. The Morgan fingerprint density at radius 3 is 2.45 bits per heavy atom. The van der Waals surface area contributed by atoms with Crippen LogP contribution in [-0.4, -0.2) is 61.2 Å². The zero-order valence-electron chi connectivity index (χ0n) is 23.2. The van der Waals surface area contributed by atoms with Gasteiger partial charge < -0.3 is 20.1 Å². The number of carbonyl (C=O) groups excluding carboxylic acids is 3. The van der Waals surface area contributed by atoms with Gasteiger partial charge in [0.05, 0.1) is 23.4 Å². The summed E-state index contributed by atoms with van der Waals surface area (Å²) in [7, 11) is 1.42. The Morgan fingerprint density at radius 1 is 1.10 bits per heavy atom. The second-order valence-corrected chi connectivity index (χ2v) is 10.7. The van der Waals surface area contributed by atoms with Crippen LogP contribution in [0.4, 0.5) is 10.5 Å². The summed E-state index contributed by atoms with van der Waals surface area (Å²) >= 11 is 6.32. The number of aromatic nitrogens is 5. The number of methoxy groups -OCH3 is 1. The van der Waals surface area contributed by atoms with Gasteiger partial charge in [0.25, 0.3) is 11.8 Å². The van der Waals surface area contributed by atoms with Crippen molar-refractivity contribution in [2.75, 3.05) is 12.4 Å². The molecule has 0 saturated heterocycles. The number of halogens is 1. The molecular formula is C27H30ClN7O5. The molecule has 0 fully saturated rings. The van der Waals surface area contributed by atoms with Gasteiger partial charge >= 0.3 is 6.09 Å². The minimum Gasteiger partial charge on any atom is -0.480 e. The molecule has 2 N–H and O–H groups in total. The van der Waals surface area contributed by atoms with E-state index in [9.17, 15) is 14.4 Å². The van der Waals surface area contributed by atoms with E-state index in [1.807, 2.05) is 13.8 Å². The number of ether oxygens (including phenoxy) is 2. The molecule has 3 heterocycles. The Labute approximate surface area is 235 Å². The van der Waals surface area contributed by atoms with E-state index in [1.54, 1.807) is 45.9 Å². The maximum absolute atomic E-state index is 13.7. The molecule has 0 bridgehead atoms. The van der Waals surface area contributed by atoms with E-state index in [2.05, 4.69) is 25.8 Å². The third-order valence-corrected chi connectivity index (χ3v) is 5.83. The Hall–Kier alpha value is -4.45. The molecule has 12 nitrogen and oxygen atoms in total. The van der Waals surface area contributed by atoms with Gasteiger partial charge in [-0.3, -0.25) is 9.59 Å². The van der Waals surface area contributed by atoms with Crippen LogP contribution in [0.1, 0.15) is 61.0 Å². The molecule has 13 heteroatoms. The van der Waals surface area contributed by atoms with E-state index < -0.39 is 23.5 Å². The highest BCUT2D eigenvalue weighted by molar-refractivity contribution is 6.32. The van der Waals surface area contributed by atoms with Crippen LogP contribution in [0, 0.1) is 6.92 Å². The van der Waals surface area contributed by atoms with Gasteiger partial charge in [0.15, 0.2) is 5.82 Å². The summed E-state index contributed by atoms with van der Waals surface area (Å²) in [5.41, 5.74) is 0.391. The first kappa shape index (κ1) is 28.6. The molecule has 4 rings (SSSR count). The highest BCUT2D eigenvalue weighted by atomic mass is 35.5. The lowest BCUT2D eigenvalue weighted by molar-refractivity contribution is 0.0515. The number of amides is 2. The number of aryl methyl sites for hydroxylation is 1. The van der Waals surface area contributed by atoms with Gasteiger partial charge in [-0.15, -0.1) is 5.10 Å². The molecule has 1 aromatic carbocycles. The van der Waals surface area contributed by atoms with E-state index in [1.165, 1.54) is 30.3 Å². The van der Waals surface area contributed by atoms with Crippen molar-refractivity contribution in [3.63, 3.8) is 0 Å². The number of hydrogen-bond acceptors (Lipinski definition) is 8. The van der Waals surface area contributed by atoms with E-state index in [0.29, 0.717) is 10.9 Å². The fraction of sp³-hybridized carbons (Fsp3) is 0.333. The van der Waals surface area contributed by atoms with Crippen molar-refractivity contribution in [2.24, 2.45) is 0 Å². The number of rotatable bonds is 6. The molecule has 0 aliphatic heterocycles. The van der Waals surface area contributed by atoms with Gasteiger partial charge in [0.2, 0.25) is 5.88 Å². The van der Waals surface area contributed by atoms with Crippen molar-refractivity contribution >= 4 is 46.1 Å². The number of nitrogens with zero attached hydrogens (tertiary/aromatic N) is 5. The van der Waals surface area contributed by atoms with E-state index in [0.717, 1.165) is 4.68 Å². The molecule has 210 valence electrons. The average Bonchev–Trinajstić information content (AvgIpc) is 3.47. The van der Waals surface area contributed by atoms with Crippen molar-refractivity contribution < 1.29 is 23.9 Å². The molecule has 4 aromatic rings. The molecule has 0 radical (unpaired) electrons. The van der Waals surface area contributed by atoms with Crippen LogP contribution in [0.5, 0.6) is 5.88 Å². The topological polar surface area (TPSA) is 142 Å². The van der Waals surface area contributed by atoms with Gasteiger partial charge in [-0.1, -0.05) is 11.6 Å². The van der Waals surface area contributed by atoms with Crippen molar-refractivity contribution in [3.8, 4) is 11.7 Å². The zero-order valence-corrected chi connectivity index (χ0v) is 24.0. The summed E-state index contributed by atoms with van der Waals surface area (Å²) in [6.45, 7) is 10.6. The Kier molecular flexibility index (Phi) is 7.83. The standard InChI is InChI=1S/C27H30ClN7O5/c1-14(2)30-25(37)20-21(15(3)11-16-13-34(33-22(16)20)26(38)40-27(4,5)6)31-24(36)18-12-19(39-7)32-35(18)23-17(28)9-8-10-29-23/h8-14H,1-7H3,(H,30,37)(H,31,36). The number of anilines is 1. The number of nitrogens with one attached hydrogen (secondary N) is 2. The third kappa shape index (κ3) is 5.91. The highest BCUT2D eigenvalue weighted by Crippen LogP contribution is 2.31. The van der Waals surface area contributed by atoms with Crippen LogP contribution in [0.2, 0.25) is 5.02 Å². The summed E-state index contributed by atoms with van der Waals surface area (Å²) in [6.07, 6.45) is 2.30. The highest BCUT2D eigenvalue weighted by Gasteiger charge is 2.27. The number of benzene rings is 1. The first-order valence-corrected chi connectivity index (χ1v) is 12.8.